The van der Waals surface area contributed by atoms with Crippen LogP contribution in [0.2, 0.25) is 0 Å². The number of halogens is 3. The van der Waals surface area contributed by atoms with E-state index in [4.69, 9.17) is 9.84 Å². The molecule has 0 atom stereocenters. The Morgan fingerprint density at radius 2 is 1.60 bits per heavy atom. The van der Waals surface area contributed by atoms with Crippen molar-refractivity contribution in [2.45, 2.75) is 25.9 Å². The molecule has 35 heavy (non-hydrogen) atoms. The highest BCUT2D eigenvalue weighted by Gasteiger charge is 2.32. The molecule has 2 amide bonds. The molecule has 0 fully saturated rings. The maximum atomic E-state index is 12.7. The van der Waals surface area contributed by atoms with Crippen molar-refractivity contribution in [2.24, 2.45) is 0 Å². The average molecular weight is 494 g/mol. The van der Waals surface area contributed by atoms with Crippen molar-refractivity contribution in [3.8, 4) is 11.5 Å². The number of aliphatic carboxylic acids is 1. The van der Waals surface area contributed by atoms with Crippen molar-refractivity contribution in [3.63, 3.8) is 0 Å². The third-order valence-corrected chi connectivity index (χ3v) is 4.89. The second-order valence-corrected chi connectivity index (χ2v) is 7.50. The van der Waals surface area contributed by atoms with Gasteiger partial charge in [0.1, 0.15) is 36.0 Å². The Labute approximate surface area is 197 Å². The maximum absolute atomic E-state index is 12.7. The zero-order valence-corrected chi connectivity index (χ0v) is 18.2. The number of carbonyl (C=O) groups is 3. The van der Waals surface area contributed by atoms with E-state index in [1.165, 1.54) is 29.2 Å². The summed E-state index contributed by atoms with van der Waals surface area (Å²) < 4.78 is 46.1. The predicted octanol–water partition coefficient (Wildman–Crippen LogP) is 2.91. The van der Waals surface area contributed by atoms with Gasteiger partial charge in [0, 0.05) is 19.5 Å². The molecule has 0 saturated carbocycles. The zero-order valence-electron chi connectivity index (χ0n) is 18.2. The molecule has 0 saturated heterocycles. The van der Waals surface area contributed by atoms with Crippen molar-refractivity contribution < 1.29 is 47.2 Å². The Hall–Kier alpha value is -4.22. The van der Waals surface area contributed by atoms with E-state index in [1.807, 2.05) is 0 Å². The number of hydrogen-bond acceptors (Lipinski definition) is 6. The van der Waals surface area contributed by atoms with Gasteiger partial charge in [-0.05, 0) is 35.4 Å². The van der Waals surface area contributed by atoms with Crippen LogP contribution in [0.1, 0.15) is 17.5 Å². The molecule has 9 nitrogen and oxygen atoms in total. The summed E-state index contributed by atoms with van der Waals surface area (Å²) in [6.07, 6.45) is -4.71. The largest absolute Gasteiger partial charge is 0.573 e. The summed E-state index contributed by atoms with van der Waals surface area (Å²) in [5, 5.41) is 20.7. The minimum Gasteiger partial charge on any atom is -0.511 e. The number of benzene rings is 2. The highest BCUT2D eigenvalue weighted by Crippen LogP contribution is 2.24. The molecule has 0 radical (unpaired) electrons. The van der Waals surface area contributed by atoms with E-state index >= 15 is 0 Å². The third kappa shape index (κ3) is 7.39. The van der Waals surface area contributed by atoms with Gasteiger partial charge in [0.05, 0.1) is 0 Å². The van der Waals surface area contributed by atoms with Crippen LogP contribution in [0.15, 0.2) is 59.9 Å². The number of nitrogens with zero attached hydrogens (tertiary/aromatic N) is 1. The molecular formula is C23H21F3N2O7. The molecule has 2 aromatic rings. The fourth-order valence-corrected chi connectivity index (χ4v) is 3.24. The Morgan fingerprint density at radius 1 is 1.00 bits per heavy atom. The number of rotatable bonds is 9. The quantitative estimate of drug-likeness (QED) is 0.458. The standard InChI is InChI=1S/C23H21F3N2O7/c24-23(25,26)35-17-7-3-15(4-8-17)13-34-16-5-1-14(2-6-16)12-28-10-9-18(29)20(22(28)33)21(32)27-11-19(30)31/h1-8,29H,9-13H2,(H,27,32)(H,30,31). The van der Waals surface area contributed by atoms with Gasteiger partial charge in [-0.3, -0.25) is 14.4 Å². The minimum absolute atomic E-state index is 0.0512. The molecule has 1 aliphatic rings. The molecule has 0 unspecified atom stereocenters. The van der Waals surface area contributed by atoms with E-state index in [1.54, 1.807) is 24.3 Å². The minimum atomic E-state index is -4.76. The van der Waals surface area contributed by atoms with Crippen molar-refractivity contribution in [2.75, 3.05) is 13.1 Å². The smallest absolute Gasteiger partial charge is 0.511 e. The number of carboxylic acid groups (broad SMARTS) is 1. The number of amides is 2. The number of nitrogens with one attached hydrogen (secondary N) is 1. The number of alkyl halides is 3. The van der Waals surface area contributed by atoms with E-state index in [0.29, 0.717) is 16.9 Å². The topological polar surface area (TPSA) is 125 Å². The van der Waals surface area contributed by atoms with Crippen LogP contribution in [0.3, 0.4) is 0 Å². The van der Waals surface area contributed by atoms with Gasteiger partial charge in [-0.25, -0.2) is 0 Å². The van der Waals surface area contributed by atoms with Crippen LogP contribution >= 0.6 is 0 Å². The summed E-state index contributed by atoms with van der Waals surface area (Å²) in [5.74, 6) is -3.19. The second-order valence-electron chi connectivity index (χ2n) is 7.50. The molecule has 12 heteroatoms. The first-order valence-electron chi connectivity index (χ1n) is 10.3. The molecule has 0 aliphatic carbocycles. The molecular weight excluding hydrogens is 473 g/mol. The van der Waals surface area contributed by atoms with Gasteiger partial charge < -0.3 is 29.9 Å². The number of carbonyl (C=O) groups excluding carboxylic acids is 2. The van der Waals surface area contributed by atoms with Gasteiger partial charge in [-0.2, -0.15) is 0 Å². The first kappa shape index (κ1) is 25.4. The van der Waals surface area contributed by atoms with E-state index < -0.39 is 42.0 Å². The number of ether oxygens (including phenoxy) is 2. The van der Waals surface area contributed by atoms with Gasteiger partial charge >= 0.3 is 12.3 Å². The van der Waals surface area contributed by atoms with E-state index in [0.717, 1.165) is 0 Å². The lowest BCUT2D eigenvalue weighted by molar-refractivity contribution is -0.274. The fraction of sp³-hybridized carbons (Fsp3) is 0.261. The van der Waals surface area contributed by atoms with Crippen molar-refractivity contribution in [1.82, 2.24) is 10.2 Å². The van der Waals surface area contributed by atoms with Crippen LogP contribution in [0.25, 0.3) is 0 Å². The molecule has 1 heterocycles. The van der Waals surface area contributed by atoms with Crippen LogP contribution in [-0.4, -0.2) is 52.3 Å². The molecule has 0 bridgehead atoms. The molecule has 3 rings (SSSR count). The van der Waals surface area contributed by atoms with Gasteiger partial charge in [0.15, 0.2) is 0 Å². The lowest BCUT2D eigenvalue weighted by Crippen LogP contribution is -2.43. The highest BCUT2D eigenvalue weighted by atomic mass is 19.4. The summed E-state index contributed by atoms with van der Waals surface area (Å²) >= 11 is 0. The summed E-state index contributed by atoms with van der Waals surface area (Å²) in [6.45, 7) is -0.263. The van der Waals surface area contributed by atoms with Crippen LogP contribution in [-0.2, 0) is 27.5 Å². The van der Waals surface area contributed by atoms with E-state index in [-0.39, 0.29) is 31.9 Å². The van der Waals surface area contributed by atoms with Crippen LogP contribution < -0.4 is 14.8 Å². The first-order chi connectivity index (χ1) is 16.5. The van der Waals surface area contributed by atoms with Crippen molar-refractivity contribution in [3.05, 3.63) is 71.0 Å². The number of hydrogen-bond donors (Lipinski definition) is 3. The van der Waals surface area contributed by atoms with E-state index in [2.05, 4.69) is 10.1 Å². The second kappa shape index (κ2) is 10.8. The van der Waals surface area contributed by atoms with Crippen molar-refractivity contribution >= 4 is 17.8 Å². The Morgan fingerprint density at radius 3 is 2.20 bits per heavy atom. The molecule has 0 aromatic heterocycles. The zero-order chi connectivity index (χ0) is 25.6. The number of aliphatic hydroxyl groups excluding tert-OH is 1. The molecule has 0 spiro atoms. The van der Waals surface area contributed by atoms with Gasteiger partial charge in [-0.1, -0.05) is 24.3 Å². The number of aliphatic hydroxyl groups is 1. The monoisotopic (exact) mass is 494 g/mol. The van der Waals surface area contributed by atoms with Crippen LogP contribution in [0.4, 0.5) is 13.2 Å². The Balaban J connectivity index is 1.55. The first-order valence-corrected chi connectivity index (χ1v) is 10.3. The highest BCUT2D eigenvalue weighted by molar-refractivity contribution is 6.19. The third-order valence-electron chi connectivity index (χ3n) is 4.89. The lowest BCUT2D eigenvalue weighted by atomic mass is 10.0. The fourth-order valence-electron chi connectivity index (χ4n) is 3.24. The summed E-state index contributed by atoms with van der Waals surface area (Å²) in [4.78, 5) is 36.8. The number of carboxylic acids is 1. The predicted molar refractivity (Wildman–Crippen MR) is 114 cm³/mol. The van der Waals surface area contributed by atoms with Crippen molar-refractivity contribution in [1.29, 1.82) is 0 Å². The Bertz CT molecular complexity index is 1110. The molecule has 186 valence electrons. The Kier molecular flexibility index (Phi) is 7.84. The SMILES string of the molecule is O=C(O)CNC(=O)C1=C(O)CCN(Cc2ccc(OCc3ccc(OC(F)(F)F)cc3)cc2)C1=O. The van der Waals surface area contributed by atoms with E-state index in [9.17, 15) is 32.7 Å². The maximum Gasteiger partial charge on any atom is 0.573 e. The van der Waals surface area contributed by atoms with Gasteiger partial charge in [-0.15, -0.1) is 13.2 Å². The summed E-state index contributed by atoms with van der Waals surface area (Å²) in [6, 6.07) is 12.0. The van der Waals surface area contributed by atoms with Gasteiger partial charge in [0.25, 0.3) is 11.8 Å². The van der Waals surface area contributed by atoms with Crippen LogP contribution in [0, 0.1) is 0 Å². The average Bonchev–Trinajstić information content (AvgIpc) is 2.79. The normalized spacial score (nSPS) is 14.0. The van der Waals surface area contributed by atoms with Crippen LogP contribution in [0.5, 0.6) is 11.5 Å². The van der Waals surface area contributed by atoms with Gasteiger partial charge in [0.2, 0.25) is 0 Å². The summed E-state index contributed by atoms with van der Waals surface area (Å²) in [7, 11) is 0. The summed E-state index contributed by atoms with van der Waals surface area (Å²) in [5.41, 5.74) is 0.859. The molecule has 1 aliphatic heterocycles. The molecule has 3 N–H and O–H groups in total. The molecule has 2 aromatic carbocycles. The lowest BCUT2D eigenvalue weighted by Gasteiger charge is -2.28.